The molecule has 0 spiro atoms. The van der Waals surface area contributed by atoms with Crippen LogP contribution in [0.4, 0.5) is 0 Å². The van der Waals surface area contributed by atoms with Gasteiger partial charge in [0.25, 0.3) is 0 Å². The minimum absolute atomic E-state index is 0.541. The van der Waals surface area contributed by atoms with E-state index in [1.54, 1.807) is 0 Å². The Hall–Kier alpha value is -1.76. The largest absolute Gasteiger partial charge is 0.338 e. The van der Waals surface area contributed by atoms with Gasteiger partial charge in [-0.1, -0.05) is 43.3 Å². The lowest BCUT2D eigenvalue weighted by Gasteiger charge is -2.14. The van der Waals surface area contributed by atoms with Gasteiger partial charge in [-0.25, -0.2) is 0 Å². The van der Waals surface area contributed by atoms with Crippen LogP contribution in [0.3, 0.4) is 0 Å². The second-order valence-electron chi connectivity index (χ2n) is 4.66. The van der Waals surface area contributed by atoms with E-state index in [1.165, 1.54) is 21.8 Å². The maximum atomic E-state index is 2.46. The highest BCUT2D eigenvalue weighted by Gasteiger charge is 2.12. The maximum Gasteiger partial charge on any atom is 0.0493 e. The molecule has 0 fully saturated rings. The van der Waals surface area contributed by atoms with Crippen molar-refractivity contribution in [3.63, 3.8) is 0 Å². The fraction of sp³-hybridized carbons (Fsp3) is 0.250. The number of hydrogen-bond acceptors (Lipinski definition) is 0. The molecule has 0 bridgehead atoms. The van der Waals surface area contributed by atoms with Gasteiger partial charge in [-0.2, -0.15) is 0 Å². The molecule has 0 amide bonds. The average molecular weight is 223 g/mol. The molecule has 0 N–H and O–H groups in total. The van der Waals surface area contributed by atoms with Crippen molar-refractivity contribution < 1.29 is 0 Å². The predicted octanol–water partition coefficient (Wildman–Crippen LogP) is 4.77. The number of benzene rings is 2. The molecule has 0 unspecified atom stereocenters. The zero-order chi connectivity index (χ0) is 11.8. The summed E-state index contributed by atoms with van der Waals surface area (Å²) in [6.45, 7) is 4.53. The van der Waals surface area contributed by atoms with Gasteiger partial charge in [0.1, 0.15) is 0 Å². The molecule has 1 atom stereocenters. The van der Waals surface area contributed by atoms with Crippen LogP contribution in [0, 0.1) is 0 Å². The van der Waals surface area contributed by atoms with Gasteiger partial charge in [0.15, 0.2) is 0 Å². The van der Waals surface area contributed by atoms with Crippen LogP contribution in [-0.4, -0.2) is 4.57 Å². The first-order chi connectivity index (χ1) is 8.33. The van der Waals surface area contributed by atoms with Crippen LogP contribution < -0.4 is 0 Å². The molecule has 3 aromatic rings. The van der Waals surface area contributed by atoms with Crippen molar-refractivity contribution >= 4 is 21.8 Å². The van der Waals surface area contributed by atoms with Crippen molar-refractivity contribution in [1.82, 2.24) is 4.57 Å². The SMILES string of the molecule is CC[C@@H](C)n1c2ccccc2c2ccccc21. The van der Waals surface area contributed by atoms with Gasteiger partial charge in [-0.3, -0.25) is 0 Å². The van der Waals surface area contributed by atoms with E-state index in [2.05, 4.69) is 66.9 Å². The van der Waals surface area contributed by atoms with E-state index in [0.717, 1.165) is 6.42 Å². The van der Waals surface area contributed by atoms with Crippen molar-refractivity contribution in [3.8, 4) is 0 Å². The summed E-state index contributed by atoms with van der Waals surface area (Å²) in [6, 6.07) is 17.9. The molecule has 0 aliphatic carbocycles. The fourth-order valence-electron chi connectivity index (χ4n) is 2.61. The van der Waals surface area contributed by atoms with E-state index in [4.69, 9.17) is 0 Å². The minimum atomic E-state index is 0.541. The fourth-order valence-corrected chi connectivity index (χ4v) is 2.61. The first-order valence-electron chi connectivity index (χ1n) is 6.30. The predicted molar refractivity (Wildman–Crippen MR) is 74.4 cm³/mol. The lowest BCUT2D eigenvalue weighted by molar-refractivity contribution is 0.563. The van der Waals surface area contributed by atoms with Crippen LogP contribution in [0.1, 0.15) is 26.3 Å². The Morgan fingerprint density at radius 3 is 1.82 bits per heavy atom. The van der Waals surface area contributed by atoms with Crippen LogP contribution in [0.5, 0.6) is 0 Å². The second kappa shape index (κ2) is 3.92. The van der Waals surface area contributed by atoms with Crippen molar-refractivity contribution in [2.75, 3.05) is 0 Å². The Morgan fingerprint density at radius 2 is 1.35 bits per heavy atom. The van der Waals surface area contributed by atoms with Crippen LogP contribution >= 0.6 is 0 Å². The minimum Gasteiger partial charge on any atom is -0.338 e. The third-order valence-electron chi connectivity index (χ3n) is 3.65. The Morgan fingerprint density at radius 1 is 0.882 bits per heavy atom. The number of nitrogens with zero attached hydrogens (tertiary/aromatic N) is 1. The summed E-state index contributed by atoms with van der Waals surface area (Å²) >= 11 is 0. The molecule has 0 aliphatic rings. The highest BCUT2D eigenvalue weighted by molar-refractivity contribution is 6.08. The highest BCUT2D eigenvalue weighted by Crippen LogP contribution is 2.32. The molecule has 0 radical (unpaired) electrons. The lowest BCUT2D eigenvalue weighted by Crippen LogP contribution is -2.02. The van der Waals surface area contributed by atoms with Crippen LogP contribution in [0.2, 0.25) is 0 Å². The summed E-state index contributed by atoms with van der Waals surface area (Å²) in [7, 11) is 0. The van der Waals surface area contributed by atoms with E-state index in [0.29, 0.717) is 6.04 Å². The van der Waals surface area contributed by atoms with E-state index in [1.807, 2.05) is 0 Å². The molecule has 0 saturated heterocycles. The van der Waals surface area contributed by atoms with Gasteiger partial charge >= 0.3 is 0 Å². The molecule has 1 heteroatoms. The lowest BCUT2D eigenvalue weighted by atomic mass is 10.2. The van der Waals surface area contributed by atoms with Crippen molar-refractivity contribution in [3.05, 3.63) is 48.5 Å². The number of rotatable bonds is 2. The van der Waals surface area contributed by atoms with Gasteiger partial charge in [0.05, 0.1) is 0 Å². The van der Waals surface area contributed by atoms with Crippen LogP contribution in [0.15, 0.2) is 48.5 Å². The molecular formula is C16H17N. The van der Waals surface area contributed by atoms with Gasteiger partial charge < -0.3 is 4.57 Å². The number of aromatic nitrogens is 1. The topological polar surface area (TPSA) is 4.93 Å². The molecule has 1 heterocycles. The second-order valence-corrected chi connectivity index (χ2v) is 4.66. The molecule has 2 aromatic carbocycles. The zero-order valence-electron chi connectivity index (χ0n) is 10.4. The van der Waals surface area contributed by atoms with Gasteiger partial charge in [0.2, 0.25) is 0 Å². The summed E-state index contributed by atoms with van der Waals surface area (Å²) in [6.07, 6.45) is 1.16. The highest BCUT2D eigenvalue weighted by atomic mass is 15.0. The Kier molecular flexibility index (Phi) is 2.40. The normalized spacial score (nSPS) is 13.3. The third kappa shape index (κ3) is 1.46. The Labute approximate surface area is 102 Å². The molecule has 17 heavy (non-hydrogen) atoms. The molecule has 3 rings (SSSR count). The smallest absolute Gasteiger partial charge is 0.0493 e. The van der Waals surface area contributed by atoms with E-state index in [-0.39, 0.29) is 0 Å². The van der Waals surface area contributed by atoms with E-state index >= 15 is 0 Å². The quantitative estimate of drug-likeness (QED) is 0.590. The van der Waals surface area contributed by atoms with Crippen molar-refractivity contribution in [2.45, 2.75) is 26.3 Å². The van der Waals surface area contributed by atoms with Crippen molar-refractivity contribution in [1.29, 1.82) is 0 Å². The summed E-state index contributed by atoms with van der Waals surface area (Å²) in [5.74, 6) is 0. The summed E-state index contributed by atoms with van der Waals surface area (Å²) < 4.78 is 2.46. The molecule has 86 valence electrons. The summed E-state index contributed by atoms with van der Waals surface area (Å²) in [5, 5.41) is 2.73. The van der Waals surface area contributed by atoms with Gasteiger partial charge in [-0.05, 0) is 25.5 Å². The Balaban J connectivity index is 2.50. The Bertz CT molecular complexity index is 610. The number of hydrogen-bond donors (Lipinski definition) is 0. The molecule has 0 saturated carbocycles. The molecular weight excluding hydrogens is 206 g/mol. The molecule has 1 nitrogen and oxygen atoms in total. The first kappa shape index (κ1) is 10.4. The van der Waals surface area contributed by atoms with E-state index < -0.39 is 0 Å². The zero-order valence-corrected chi connectivity index (χ0v) is 10.4. The first-order valence-corrected chi connectivity index (χ1v) is 6.30. The van der Waals surface area contributed by atoms with Crippen LogP contribution in [0.25, 0.3) is 21.8 Å². The number of fused-ring (bicyclic) bond motifs is 3. The third-order valence-corrected chi connectivity index (χ3v) is 3.65. The summed E-state index contributed by atoms with van der Waals surface area (Å²) in [5.41, 5.74) is 2.70. The molecule has 0 aliphatic heterocycles. The summed E-state index contributed by atoms with van der Waals surface area (Å²) in [4.78, 5) is 0. The van der Waals surface area contributed by atoms with Crippen LogP contribution in [-0.2, 0) is 0 Å². The van der Waals surface area contributed by atoms with Gasteiger partial charge in [0, 0.05) is 27.8 Å². The van der Waals surface area contributed by atoms with Gasteiger partial charge in [-0.15, -0.1) is 0 Å². The number of para-hydroxylation sites is 2. The van der Waals surface area contributed by atoms with E-state index in [9.17, 15) is 0 Å². The standard InChI is InChI=1S/C16H17N/c1-3-12(2)17-15-10-6-4-8-13(15)14-9-5-7-11-16(14)17/h4-12H,3H2,1-2H3/t12-/m1/s1. The monoisotopic (exact) mass is 223 g/mol. The molecule has 1 aromatic heterocycles. The van der Waals surface area contributed by atoms with Crippen molar-refractivity contribution in [2.24, 2.45) is 0 Å². The average Bonchev–Trinajstić information content (AvgIpc) is 2.72. The maximum absolute atomic E-state index is 2.46.